The van der Waals surface area contributed by atoms with Crippen molar-refractivity contribution in [2.75, 3.05) is 26.4 Å². The second kappa shape index (κ2) is 19.9. The summed E-state index contributed by atoms with van der Waals surface area (Å²) in [6.07, 6.45) is -28.0. The monoisotopic (exact) mass is 1080 g/mol. The van der Waals surface area contributed by atoms with Crippen molar-refractivity contribution in [2.24, 2.45) is 50.2 Å². The van der Waals surface area contributed by atoms with Crippen molar-refractivity contribution in [3.63, 3.8) is 0 Å². The molecule has 2 bridgehead atoms. The molecule has 0 aromatic rings. The van der Waals surface area contributed by atoms with E-state index >= 15 is 0 Å². The van der Waals surface area contributed by atoms with E-state index < -0.39 is 183 Å². The number of fused-ring (bicyclic) bond motifs is 4. The van der Waals surface area contributed by atoms with Gasteiger partial charge >= 0.3 is 0 Å². The number of ether oxygens (including phenoxy) is 9. The topological polar surface area (TPSA) is 366 Å². The van der Waals surface area contributed by atoms with Crippen LogP contribution in [0.2, 0.25) is 0 Å². The summed E-state index contributed by atoms with van der Waals surface area (Å²) in [6.45, 7) is 13.1. The molecule has 5 saturated carbocycles. The van der Waals surface area contributed by atoms with E-state index in [0.717, 1.165) is 25.7 Å². The van der Waals surface area contributed by atoms with Crippen LogP contribution in [0.4, 0.5) is 0 Å². The Labute approximate surface area is 436 Å². The van der Waals surface area contributed by atoms with E-state index in [0.29, 0.717) is 32.1 Å². The fourth-order valence-electron chi connectivity index (χ4n) is 17.5. The summed E-state index contributed by atoms with van der Waals surface area (Å²) in [5.74, 6) is 0.0209. The maximum Gasteiger partial charge on any atom is 0.187 e. The van der Waals surface area contributed by atoms with Gasteiger partial charge in [-0.05, 0) is 91.3 Å². The minimum Gasteiger partial charge on any atom is -0.394 e. The molecular formula is C52H86O23. The van der Waals surface area contributed by atoms with Gasteiger partial charge in [0.15, 0.2) is 31.5 Å². The maximum atomic E-state index is 12.3. The number of aliphatic hydroxyl groups excluding tert-OH is 14. The molecule has 0 aromatic carbocycles. The summed E-state index contributed by atoms with van der Waals surface area (Å²) >= 11 is 0. The smallest absolute Gasteiger partial charge is 0.187 e. The summed E-state index contributed by atoms with van der Waals surface area (Å²) in [5.41, 5.74) is -3.92. The Hall–Kier alpha value is -0.920. The summed E-state index contributed by atoms with van der Waals surface area (Å²) < 4.78 is 55.6. The van der Waals surface area contributed by atoms with E-state index in [1.54, 1.807) is 0 Å². The van der Waals surface area contributed by atoms with E-state index in [1.807, 2.05) is 0 Å². The van der Waals surface area contributed by atoms with Gasteiger partial charge in [-0.1, -0.05) is 48.5 Å². The molecule has 5 heterocycles. The first-order valence-corrected chi connectivity index (χ1v) is 27.3. The zero-order valence-corrected chi connectivity index (χ0v) is 44.1. The molecule has 0 amide bonds. The molecule has 30 atom stereocenters. The van der Waals surface area contributed by atoms with Crippen LogP contribution >= 0.6 is 0 Å². The molecule has 10 aliphatic rings. The molecule has 14 N–H and O–H groups in total. The third-order valence-electron chi connectivity index (χ3n) is 22.1. The summed E-state index contributed by atoms with van der Waals surface area (Å²) in [7, 11) is 0. The quantitative estimate of drug-likeness (QED) is 0.0984. The predicted molar refractivity (Wildman–Crippen MR) is 253 cm³/mol. The molecule has 23 nitrogen and oxygen atoms in total. The van der Waals surface area contributed by atoms with E-state index in [9.17, 15) is 71.5 Å². The zero-order valence-electron chi connectivity index (χ0n) is 44.1. The fraction of sp³-hybridized carbons (Fsp3) is 1.00. The van der Waals surface area contributed by atoms with Crippen molar-refractivity contribution in [1.29, 1.82) is 0 Å². The van der Waals surface area contributed by atoms with E-state index in [4.69, 9.17) is 42.6 Å². The van der Waals surface area contributed by atoms with Gasteiger partial charge < -0.3 is 114 Å². The van der Waals surface area contributed by atoms with E-state index in [1.165, 1.54) is 0 Å². The Morgan fingerprint density at radius 2 is 1.09 bits per heavy atom. The molecule has 5 saturated heterocycles. The third kappa shape index (κ3) is 8.37. The summed E-state index contributed by atoms with van der Waals surface area (Å²) in [6, 6.07) is 0. The Balaban J connectivity index is 0.905. The first-order valence-electron chi connectivity index (χ1n) is 27.3. The Kier molecular flexibility index (Phi) is 15.2. The van der Waals surface area contributed by atoms with Crippen LogP contribution in [0.5, 0.6) is 0 Å². The lowest BCUT2D eigenvalue weighted by Crippen LogP contribution is -2.76. The SMILES string of the molecule is CC1(C)C[C@@H]2[C@@]3([C@H](O)C[C@@]4(C)[C@]5(C)CC[C@@H]6[C@H](CC[C@H](O[C@@H]7OC[C@H](O[C@@H]8O[C@H](CO)[C@H](O)[C@H](O)[C@H]8O[C@@H]8OC[C@@H](O)[C@H](O)[C@H]8O)[C@H](O)[C@H]7O[C@@H]7O[C@H](CO)[C@H](O)[C@H](O)[C@H]7O)C6(C)C)[C@@]5(C)CC[C@]24O[C@@H]3O)[C@@H](O)C1. The van der Waals surface area contributed by atoms with Crippen LogP contribution in [-0.4, -0.2) is 239 Å². The molecule has 5 aliphatic carbocycles. The molecular weight excluding hydrogens is 993 g/mol. The highest BCUT2D eigenvalue weighted by molar-refractivity contribution is 5.31. The van der Waals surface area contributed by atoms with Gasteiger partial charge in [-0.2, -0.15) is 0 Å². The van der Waals surface area contributed by atoms with Gasteiger partial charge in [0.05, 0.1) is 55.8 Å². The molecule has 432 valence electrons. The highest BCUT2D eigenvalue weighted by atomic mass is 16.8. The van der Waals surface area contributed by atoms with Gasteiger partial charge in [-0.25, -0.2) is 0 Å². The van der Waals surface area contributed by atoms with Crippen LogP contribution in [0.25, 0.3) is 0 Å². The zero-order chi connectivity index (χ0) is 54.5. The van der Waals surface area contributed by atoms with Crippen molar-refractivity contribution in [1.82, 2.24) is 0 Å². The molecule has 0 radical (unpaired) electrons. The van der Waals surface area contributed by atoms with Crippen molar-refractivity contribution in [3.8, 4) is 0 Å². The molecule has 23 heteroatoms. The lowest BCUT2D eigenvalue weighted by atomic mass is 9.29. The molecule has 0 aromatic heterocycles. The third-order valence-corrected chi connectivity index (χ3v) is 22.1. The Bertz CT molecular complexity index is 2040. The van der Waals surface area contributed by atoms with Gasteiger partial charge in [-0.3, -0.25) is 0 Å². The van der Waals surface area contributed by atoms with Crippen LogP contribution in [-0.2, 0) is 42.6 Å². The molecule has 1 spiro atoms. The first kappa shape index (κ1) is 57.3. The number of hydrogen-bond acceptors (Lipinski definition) is 23. The van der Waals surface area contributed by atoms with Crippen LogP contribution in [0.1, 0.15) is 106 Å². The van der Waals surface area contributed by atoms with Gasteiger partial charge in [-0.15, -0.1) is 0 Å². The predicted octanol–water partition coefficient (Wildman–Crippen LogP) is -2.78. The Morgan fingerprint density at radius 3 is 1.77 bits per heavy atom. The average molecular weight is 1080 g/mol. The lowest BCUT2D eigenvalue weighted by Gasteiger charge is -2.76. The molecule has 75 heavy (non-hydrogen) atoms. The minimum absolute atomic E-state index is 0.0946. The summed E-state index contributed by atoms with van der Waals surface area (Å²) in [4.78, 5) is 0. The first-order chi connectivity index (χ1) is 35.1. The second-order valence-electron chi connectivity index (χ2n) is 26.3. The number of rotatable bonds is 10. The lowest BCUT2D eigenvalue weighted by molar-refractivity contribution is -0.392. The average Bonchev–Trinajstić information content (AvgIpc) is 3.57. The number of hydrogen-bond donors (Lipinski definition) is 14. The molecule has 5 aliphatic heterocycles. The van der Waals surface area contributed by atoms with Crippen LogP contribution in [0.15, 0.2) is 0 Å². The van der Waals surface area contributed by atoms with Gasteiger partial charge in [0, 0.05) is 11.3 Å². The van der Waals surface area contributed by atoms with Crippen LogP contribution in [0.3, 0.4) is 0 Å². The van der Waals surface area contributed by atoms with Crippen molar-refractivity contribution in [3.05, 3.63) is 0 Å². The minimum atomic E-state index is -1.90. The van der Waals surface area contributed by atoms with Crippen molar-refractivity contribution in [2.45, 2.75) is 247 Å². The molecule has 10 rings (SSSR count). The normalized spacial score (nSPS) is 58.3. The highest BCUT2D eigenvalue weighted by Crippen LogP contribution is 2.82. The largest absolute Gasteiger partial charge is 0.394 e. The highest BCUT2D eigenvalue weighted by Gasteiger charge is 2.84. The van der Waals surface area contributed by atoms with E-state index in [2.05, 4.69) is 48.5 Å². The number of aliphatic hydroxyl groups is 14. The van der Waals surface area contributed by atoms with Gasteiger partial charge in [0.2, 0.25) is 0 Å². The van der Waals surface area contributed by atoms with Crippen molar-refractivity contribution < 1.29 is 114 Å². The summed E-state index contributed by atoms with van der Waals surface area (Å²) in [5, 5.41) is 154. The molecule has 0 unspecified atom stereocenters. The van der Waals surface area contributed by atoms with Crippen LogP contribution < -0.4 is 0 Å². The molecule has 10 fully saturated rings. The van der Waals surface area contributed by atoms with E-state index in [-0.39, 0.29) is 34.0 Å². The second-order valence-corrected chi connectivity index (χ2v) is 26.3. The fourth-order valence-corrected chi connectivity index (χ4v) is 17.5. The standard InChI is InChI=1S/C52H86O23/c1-46(2)14-27-51-13-12-48(5)22-8-9-30(47(3,4)21(22)10-11-49(48,6)50(51,7)16-29(57)52(27,28(56)15-46)45(66)75-51)72-43-39(74-42-38(65)35(62)32(59)24(17-53)69-42)34(61)26(20-68-43)71-44-40(36(63)33(60)25(18-54)70-44)73-41-37(64)31(58)23(55)19-67-41/h21-45,53-66H,8-20H2,1-7H3/t21-,22+,23-,24-,25-,26+,27+,28+,29-,30+,31+,32+,33+,34+,35+,36+,37-,38-,39-,40-,41+,42+,43+,44+,45+,48-,49-,50+,51+,52+/m1/s1. The van der Waals surface area contributed by atoms with Gasteiger partial charge in [0.1, 0.15) is 85.5 Å². The van der Waals surface area contributed by atoms with Crippen LogP contribution in [0, 0.1) is 50.2 Å². The maximum absolute atomic E-state index is 12.3. The van der Waals surface area contributed by atoms with Crippen molar-refractivity contribution >= 4 is 0 Å². The Morgan fingerprint density at radius 1 is 0.493 bits per heavy atom. The van der Waals surface area contributed by atoms with Gasteiger partial charge in [0.25, 0.3) is 0 Å².